The lowest BCUT2D eigenvalue weighted by atomic mass is 10.5. The molecule has 0 spiro atoms. The average molecular weight is 208 g/mol. The lowest BCUT2D eigenvalue weighted by molar-refractivity contribution is 0.397. The maximum Gasteiger partial charge on any atom is 0.299 e. The predicted molar refractivity (Wildman–Crippen MR) is 43.4 cm³/mol. The molecule has 12 heavy (non-hydrogen) atoms. The minimum absolute atomic E-state index is 0.104. The molecule has 0 atom stereocenters. The summed E-state index contributed by atoms with van der Waals surface area (Å²) in [4.78, 5) is 3.50. The first kappa shape index (κ1) is 9.44. The Bertz CT molecular complexity index is 376. The molecule has 0 aliphatic heterocycles. The Morgan fingerprint density at radius 3 is 2.75 bits per heavy atom. The van der Waals surface area contributed by atoms with Gasteiger partial charge in [0.15, 0.2) is 0 Å². The van der Waals surface area contributed by atoms with E-state index in [9.17, 15) is 8.42 Å². The topological polar surface area (TPSA) is 56.3 Å². The van der Waals surface area contributed by atoms with Crippen LogP contribution in [0.5, 0.6) is 0 Å². The summed E-state index contributed by atoms with van der Waals surface area (Å²) in [6.07, 6.45) is 2.54. The van der Waals surface area contributed by atoms with Gasteiger partial charge in [-0.25, -0.2) is 0 Å². The fourth-order valence-electron chi connectivity index (χ4n) is 0.637. The van der Waals surface area contributed by atoms with Gasteiger partial charge in [-0.1, -0.05) is 11.6 Å². The highest BCUT2D eigenvalue weighted by Crippen LogP contribution is 2.20. The van der Waals surface area contributed by atoms with Crippen molar-refractivity contribution in [2.45, 2.75) is 4.90 Å². The molecule has 1 rings (SSSR count). The Morgan fingerprint density at radius 2 is 2.25 bits per heavy atom. The summed E-state index contributed by atoms with van der Waals surface area (Å²) in [6, 6.07) is 1.38. The highest BCUT2D eigenvalue weighted by atomic mass is 35.5. The van der Waals surface area contributed by atoms with Gasteiger partial charge in [0, 0.05) is 12.4 Å². The Labute approximate surface area is 75.3 Å². The third-order valence-corrected chi connectivity index (χ3v) is 2.97. The van der Waals surface area contributed by atoms with Crippen molar-refractivity contribution in [1.29, 1.82) is 0 Å². The lowest BCUT2D eigenvalue weighted by Crippen LogP contribution is -2.03. The van der Waals surface area contributed by atoms with E-state index in [1.54, 1.807) is 0 Å². The zero-order valence-corrected chi connectivity index (χ0v) is 7.76. The van der Waals surface area contributed by atoms with E-state index in [1.165, 1.54) is 12.3 Å². The number of halogens is 1. The molecule has 0 aliphatic carbocycles. The monoisotopic (exact) mass is 207 g/mol. The number of aromatic nitrogens is 1. The van der Waals surface area contributed by atoms with Crippen molar-refractivity contribution in [3.63, 3.8) is 0 Å². The molecule has 0 radical (unpaired) electrons. The van der Waals surface area contributed by atoms with E-state index in [0.717, 1.165) is 13.3 Å². The average Bonchev–Trinajstić information content (AvgIpc) is 2.05. The molecule has 0 aromatic carbocycles. The maximum atomic E-state index is 11.1. The van der Waals surface area contributed by atoms with Crippen molar-refractivity contribution in [1.82, 2.24) is 4.98 Å². The molecule has 0 saturated carbocycles. The van der Waals surface area contributed by atoms with Crippen molar-refractivity contribution < 1.29 is 12.6 Å². The van der Waals surface area contributed by atoms with Crippen LogP contribution < -0.4 is 0 Å². The molecule has 0 unspecified atom stereocenters. The zero-order chi connectivity index (χ0) is 9.19. The standard InChI is InChI=1S/C6H6ClNO3S/c1-11-12(9,10)6-4-8-3-2-5(6)7/h2-4H,1H3. The summed E-state index contributed by atoms with van der Waals surface area (Å²) >= 11 is 5.59. The van der Waals surface area contributed by atoms with Crippen molar-refractivity contribution in [2.24, 2.45) is 0 Å². The van der Waals surface area contributed by atoms with Crippen LogP contribution in [0.25, 0.3) is 0 Å². The van der Waals surface area contributed by atoms with Crippen LogP contribution in [0.4, 0.5) is 0 Å². The molecule has 6 heteroatoms. The molecule has 4 nitrogen and oxygen atoms in total. The largest absolute Gasteiger partial charge is 0.299 e. The number of hydrogen-bond acceptors (Lipinski definition) is 4. The molecule has 1 heterocycles. The molecular weight excluding hydrogens is 202 g/mol. The SMILES string of the molecule is COS(=O)(=O)c1cnccc1Cl. The number of nitrogens with zero attached hydrogens (tertiary/aromatic N) is 1. The first-order chi connectivity index (χ1) is 5.58. The van der Waals surface area contributed by atoms with Crippen LogP contribution in [-0.2, 0) is 14.3 Å². The van der Waals surface area contributed by atoms with Crippen molar-refractivity contribution in [3.05, 3.63) is 23.5 Å². The van der Waals surface area contributed by atoms with Gasteiger partial charge < -0.3 is 0 Å². The Hall–Kier alpha value is -0.650. The summed E-state index contributed by atoms with van der Waals surface area (Å²) in [5.41, 5.74) is 0. The molecule has 1 aromatic rings. The number of rotatable bonds is 2. The second-order valence-corrected chi connectivity index (χ2v) is 4.02. The number of pyridine rings is 1. The third kappa shape index (κ3) is 1.74. The van der Waals surface area contributed by atoms with Gasteiger partial charge in [-0.05, 0) is 6.07 Å². The second kappa shape index (κ2) is 3.38. The zero-order valence-electron chi connectivity index (χ0n) is 6.19. The normalized spacial score (nSPS) is 11.5. The van der Waals surface area contributed by atoms with Gasteiger partial charge >= 0.3 is 0 Å². The van der Waals surface area contributed by atoms with E-state index in [2.05, 4.69) is 9.17 Å². The van der Waals surface area contributed by atoms with Gasteiger partial charge in [-0.2, -0.15) is 8.42 Å². The summed E-state index contributed by atoms with van der Waals surface area (Å²) in [7, 11) is -2.66. The molecule has 1 aromatic heterocycles. The lowest BCUT2D eigenvalue weighted by Gasteiger charge is -2.01. The summed E-state index contributed by atoms with van der Waals surface area (Å²) in [6.45, 7) is 0. The van der Waals surface area contributed by atoms with Gasteiger partial charge in [0.25, 0.3) is 10.1 Å². The fraction of sp³-hybridized carbons (Fsp3) is 0.167. The minimum atomic E-state index is -3.72. The molecule has 66 valence electrons. The van der Waals surface area contributed by atoms with E-state index in [-0.39, 0.29) is 9.92 Å². The van der Waals surface area contributed by atoms with E-state index >= 15 is 0 Å². The fourth-order valence-corrected chi connectivity index (χ4v) is 1.70. The molecule has 0 N–H and O–H groups in total. The molecule has 0 saturated heterocycles. The third-order valence-electron chi connectivity index (χ3n) is 1.22. The van der Waals surface area contributed by atoms with E-state index in [4.69, 9.17) is 11.6 Å². The first-order valence-corrected chi connectivity index (χ1v) is 4.76. The number of hydrogen-bond donors (Lipinski definition) is 0. The van der Waals surface area contributed by atoms with Gasteiger partial charge in [0.05, 0.1) is 12.1 Å². The quantitative estimate of drug-likeness (QED) is 0.681. The Morgan fingerprint density at radius 1 is 1.58 bits per heavy atom. The van der Waals surface area contributed by atoms with Crippen LogP contribution in [0.1, 0.15) is 0 Å². The van der Waals surface area contributed by atoms with E-state index < -0.39 is 10.1 Å². The predicted octanol–water partition coefficient (Wildman–Crippen LogP) is 1.07. The summed E-state index contributed by atoms with van der Waals surface area (Å²) < 4.78 is 26.4. The Kier molecular flexibility index (Phi) is 2.66. The summed E-state index contributed by atoms with van der Waals surface area (Å²) in [5.74, 6) is 0. The molecule has 0 aliphatic rings. The molecule has 0 fully saturated rings. The van der Waals surface area contributed by atoms with Gasteiger partial charge in [-0.15, -0.1) is 0 Å². The van der Waals surface area contributed by atoms with Crippen LogP contribution in [0, 0.1) is 0 Å². The van der Waals surface area contributed by atoms with Crippen molar-refractivity contribution >= 4 is 21.7 Å². The van der Waals surface area contributed by atoms with Gasteiger partial charge in [-0.3, -0.25) is 9.17 Å². The molecule has 0 amide bonds. The molecular formula is C6H6ClNO3S. The van der Waals surface area contributed by atoms with Crippen LogP contribution in [-0.4, -0.2) is 20.5 Å². The van der Waals surface area contributed by atoms with E-state index in [0.29, 0.717) is 0 Å². The van der Waals surface area contributed by atoms with Crippen LogP contribution in [0.15, 0.2) is 23.4 Å². The maximum absolute atomic E-state index is 11.1. The van der Waals surface area contributed by atoms with Crippen LogP contribution >= 0.6 is 11.6 Å². The van der Waals surface area contributed by atoms with Crippen LogP contribution in [0.3, 0.4) is 0 Å². The summed E-state index contributed by atoms with van der Waals surface area (Å²) in [5, 5.41) is 0.104. The van der Waals surface area contributed by atoms with Crippen LogP contribution in [0.2, 0.25) is 5.02 Å². The Balaban J connectivity index is 3.30. The van der Waals surface area contributed by atoms with Gasteiger partial charge in [0.2, 0.25) is 0 Å². The van der Waals surface area contributed by atoms with E-state index in [1.807, 2.05) is 0 Å². The van der Waals surface area contributed by atoms with Crippen molar-refractivity contribution in [3.8, 4) is 0 Å². The van der Waals surface area contributed by atoms with Gasteiger partial charge in [0.1, 0.15) is 4.90 Å². The van der Waals surface area contributed by atoms with Crippen molar-refractivity contribution in [2.75, 3.05) is 7.11 Å². The highest BCUT2D eigenvalue weighted by Gasteiger charge is 2.16. The minimum Gasteiger partial charge on any atom is -0.270 e. The second-order valence-electron chi connectivity index (χ2n) is 1.93. The smallest absolute Gasteiger partial charge is 0.270 e. The first-order valence-electron chi connectivity index (χ1n) is 2.98. The highest BCUT2D eigenvalue weighted by molar-refractivity contribution is 7.86. The molecule has 0 bridgehead atoms.